The van der Waals surface area contributed by atoms with Crippen molar-refractivity contribution in [3.8, 4) is 16.9 Å². The maximum absolute atomic E-state index is 4.47. The normalized spacial score (nSPS) is 14.8. The maximum atomic E-state index is 4.47. The number of nitrogens with zero attached hydrogens (tertiary/aromatic N) is 3. The highest BCUT2D eigenvalue weighted by Gasteiger charge is 2.19. The van der Waals surface area contributed by atoms with Gasteiger partial charge in [0.05, 0.1) is 12.4 Å². The van der Waals surface area contributed by atoms with E-state index in [4.69, 9.17) is 0 Å². The van der Waals surface area contributed by atoms with E-state index < -0.39 is 0 Å². The molecule has 126 valence electrons. The molecule has 0 saturated heterocycles. The van der Waals surface area contributed by atoms with Crippen LogP contribution in [0.25, 0.3) is 16.9 Å². The van der Waals surface area contributed by atoms with Gasteiger partial charge in [-0.05, 0) is 59.6 Å². The van der Waals surface area contributed by atoms with Crippen LogP contribution in [-0.4, -0.2) is 4.98 Å². The number of aromatic nitrogens is 3. The van der Waals surface area contributed by atoms with Gasteiger partial charge in [-0.25, -0.2) is 9.13 Å². The van der Waals surface area contributed by atoms with E-state index in [-0.39, 0.29) is 0 Å². The fourth-order valence-corrected chi connectivity index (χ4v) is 3.65. The second kappa shape index (κ2) is 7.14. The highest BCUT2D eigenvalue weighted by atomic mass is 15.0. The summed E-state index contributed by atoms with van der Waals surface area (Å²) in [6.07, 6.45) is 16.1. The van der Waals surface area contributed by atoms with Gasteiger partial charge in [0.1, 0.15) is 6.20 Å². The Morgan fingerprint density at radius 3 is 2.12 bits per heavy atom. The van der Waals surface area contributed by atoms with E-state index in [1.165, 1.54) is 42.4 Å². The van der Waals surface area contributed by atoms with E-state index >= 15 is 0 Å². The second-order valence-electron chi connectivity index (χ2n) is 7.12. The van der Waals surface area contributed by atoms with E-state index in [2.05, 4.69) is 71.6 Å². The van der Waals surface area contributed by atoms with Gasteiger partial charge in [0.15, 0.2) is 18.9 Å². The molecule has 0 aromatic carbocycles. The van der Waals surface area contributed by atoms with Gasteiger partial charge in [0.25, 0.3) is 0 Å². The molecule has 0 amide bonds. The zero-order chi connectivity index (χ0) is 17.1. The summed E-state index contributed by atoms with van der Waals surface area (Å²) in [7, 11) is 0. The van der Waals surface area contributed by atoms with Crippen LogP contribution in [0.5, 0.6) is 0 Å². The molecule has 1 aliphatic rings. The van der Waals surface area contributed by atoms with E-state index in [1.54, 1.807) is 0 Å². The van der Waals surface area contributed by atoms with Crippen LogP contribution in [0.3, 0.4) is 0 Å². The van der Waals surface area contributed by atoms with Gasteiger partial charge in [-0.3, -0.25) is 0 Å². The molecule has 0 unspecified atom stereocenters. The average Bonchev–Trinajstić information content (AvgIpc) is 3.16. The summed E-state index contributed by atoms with van der Waals surface area (Å²) >= 11 is 0. The van der Waals surface area contributed by atoms with Crippen molar-refractivity contribution >= 4 is 0 Å². The number of hydrogen-bond acceptors (Lipinski definition) is 1. The number of hydrogen-bond donors (Lipinski definition) is 0. The molecule has 1 fully saturated rings. The fraction of sp³-hybridized carbons (Fsp3) is 0.318. The van der Waals surface area contributed by atoms with Gasteiger partial charge >= 0.3 is 5.82 Å². The molecule has 0 spiro atoms. The molecular formula is C22H25N3+2. The molecule has 4 rings (SSSR count). The van der Waals surface area contributed by atoms with Crippen molar-refractivity contribution in [2.45, 2.75) is 39.2 Å². The summed E-state index contributed by atoms with van der Waals surface area (Å²) in [5.74, 6) is 1.81. The van der Waals surface area contributed by atoms with E-state index in [1.807, 2.05) is 16.8 Å². The third kappa shape index (κ3) is 3.76. The Morgan fingerprint density at radius 1 is 0.880 bits per heavy atom. The number of aryl methyl sites for hydroxylation is 1. The topological polar surface area (TPSA) is 20.6 Å². The molecule has 1 aliphatic carbocycles. The van der Waals surface area contributed by atoms with Gasteiger partial charge in [-0.2, -0.15) is 0 Å². The van der Waals surface area contributed by atoms with Crippen LogP contribution in [0.1, 0.15) is 31.2 Å². The summed E-state index contributed by atoms with van der Waals surface area (Å²) in [5.41, 5.74) is 3.67. The predicted octanol–water partition coefficient (Wildman–Crippen LogP) is 3.81. The van der Waals surface area contributed by atoms with Gasteiger partial charge in [-0.1, -0.05) is 12.8 Å². The van der Waals surface area contributed by atoms with Crippen molar-refractivity contribution in [2.75, 3.05) is 0 Å². The molecule has 3 aromatic rings. The lowest BCUT2D eigenvalue weighted by Crippen LogP contribution is -2.36. The van der Waals surface area contributed by atoms with E-state index in [0.717, 1.165) is 18.3 Å². The quantitative estimate of drug-likeness (QED) is 0.666. The Balaban J connectivity index is 1.48. The molecule has 0 bridgehead atoms. The zero-order valence-electron chi connectivity index (χ0n) is 14.8. The third-order valence-corrected chi connectivity index (χ3v) is 5.16. The summed E-state index contributed by atoms with van der Waals surface area (Å²) in [5, 5.41) is 0. The molecule has 3 nitrogen and oxygen atoms in total. The Kier molecular flexibility index (Phi) is 4.55. The SMILES string of the molecule is Cc1ccc(-[n+]2ccc(-c3cc[n+](CC4CCCC4)cc3)cc2)nc1. The first kappa shape index (κ1) is 15.9. The molecular weight excluding hydrogens is 306 g/mol. The Labute approximate surface area is 149 Å². The fourth-order valence-electron chi connectivity index (χ4n) is 3.65. The van der Waals surface area contributed by atoms with E-state index in [9.17, 15) is 0 Å². The predicted molar refractivity (Wildman–Crippen MR) is 98.1 cm³/mol. The lowest BCUT2D eigenvalue weighted by molar-refractivity contribution is -0.703. The summed E-state index contributed by atoms with van der Waals surface area (Å²) in [6.45, 7) is 3.22. The van der Waals surface area contributed by atoms with Crippen LogP contribution in [0.4, 0.5) is 0 Å². The van der Waals surface area contributed by atoms with Crippen LogP contribution in [-0.2, 0) is 6.54 Å². The lowest BCUT2D eigenvalue weighted by atomic mass is 10.1. The van der Waals surface area contributed by atoms with E-state index in [0.29, 0.717) is 0 Å². The average molecular weight is 331 g/mol. The molecule has 3 heterocycles. The Morgan fingerprint density at radius 2 is 1.52 bits per heavy atom. The first-order valence-electron chi connectivity index (χ1n) is 9.22. The first-order chi connectivity index (χ1) is 12.3. The second-order valence-corrected chi connectivity index (χ2v) is 7.12. The van der Waals surface area contributed by atoms with Crippen molar-refractivity contribution in [2.24, 2.45) is 5.92 Å². The molecule has 0 N–H and O–H groups in total. The molecule has 0 atom stereocenters. The van der Waals surface area contributed by atoms with Crippen molar-refractivity contribution in [3.05, 3.63) is 72.9 Å². The van der Waals surface area contributed by atoms with Crippen LogP contribution in [0, 0.1) is 12.8 Å². The molecule has 3 heteroatoms. The van der Waals surface area contributed by atoms with Gasteiger partial charge in [0, 0.05) is 24.1 Å². The summed E-state index contributed by atoms with van der Waals surface area (Å²) < 4.78 is 4.38. The first-order valence-corrected chi connectivity index (χ1v) is 9.22. The highest BCUT2D eigenvalue weighted by molar-refractivity contribution is 5.61. The summed E-state index contributed by atoms with van der Waals surface area (Å²) in [6, 6.07) is 12.9. The largest absolute Gasteiger partial charge is 0.327 e. The molecule has 0 radical (unpaired) electrons. The van der Waals surface area contributed by atoms with Crippen molar-refractivity contribution in [3.63, 3.8) is 0 Å². The van der Waals surface area contributed by atoms with Crippen molar-refractivity contribution < 1.29 is 9.13 Å². The van der Waals surface area contributed by atoms with Gasteiger partial charge < -0.3 is 0 Å². The smallest absolute Gasteiger partial charge is 0.205 e. The molecule has 3 aromatic heterocycles. The minimum Gasteiger partial charge on any atom is -0.205 e. The molecule has 25 heavy (non-hydrogen) atoms. The lowest BCUT2D eigenvalue weighted by Gasteiger charge is -2.05. The maximum Gasteiger partial charge on any atom is 0.327 e. The molecule has 1 saturated carbocycles. The highest BCUT2D eigenvalue weighted by Crippen LogP contribution is 2.24. The summed E-state index contributed by atoms with van der Waals surface area (Å²) in [4.78, 5) is 4.47. The van der Waals surface area contributed by atoms with Crippen LogP contribution >= 0.6 is 0 Å². The van der Waals surface area contributed by atoms with Crippen LogP contribution < -0.4 is 9.13 Å². The van der Waals surface area contributed by atoms with Crippen molar-refractivity contribution in [1.82, 2.24) is 4.98 Å². The van der Waals surface area contributed by atoms with Gasteiger partial charge in [0.2, 0.25) is 0 Å². The van der Waals surface area contributed by atoms with Crippen molar-refractivity contribution in [1.29, 1.82) is 0 Å². The minimum absolute atomic E-state index is 0.869. The van der Waals surface area contributed by atoms with Crippen LogP contribution in [0.15, 0.2) is 67.4 Å². The minimum atomic E-state index is 0.869. The third-order valence-electron chi connectivity index (χ3n) is 5.16. The Bertz CT molecular complexity index is 815. The number of pyridine rings is 3. The van der Waals surface area contributed by atoms with Gasteiger partial charge in [-0.15, -0.1) is 0 Å². The number of rotatable bonds is 4. The monoisotopic (exact) mass is 331 g/mol. The molecule has 0 aliphatic heterocycles. The zero-order valence-corrected chi connectivity index (χ0v) is 14.8. The Hall–Kier alpha value is -2.55. The van der Waals surface area contributed by atoms with Crippen LogP contribution in [0.2, 0.25) is 0 Å². The standard InChI is InChI=1S/C22H25N3/c1-18-6-7-22(23-16-18)25-14-10-21(11-15-25)20-8-12-24(13-9-20)17-19-4-2-3-5-19/h6-16,19H,2-5,17H2,1H3/q+2.